The molecule has 0 saturated carbocycles. The lowest BCUT2D eigenvalue weighted by molar-refractivity contribution is 0.0526. The number of nitrogens with one attached hydrogen (secondary N) is 2. The summed E-state index contributed by atoms with van der Waals surface area (Å²) in [5.74, 6) is -0.313. The SMILES string of the molecule is CC(CCNC(=O)OC(C)(C)C)NC(=O)c1ccn(C)c(=O)c1. The first-order valence-corrected chi connectivity index (χ1v) is 7.53. The number of ether oxygens (including phenoxy) is 1. The van der Waals surface area contributed by atoms with Crippen molar-refractivity contribution in [3.05, 3.63) is 34.2 Å². The molecule has 0 aliphatic carbocycles. The van der Waals surface area contributed by atoms with Crippen molar-refractivity contribution in [2.24, 2.45) is 7.05 Å². The molecule has 128 valence electrons. The first kappa shape index (κ1) is 18.7. The van der Waals surface area contributed by atoms with Crippen molar-refractivity contribution in [1.82, 2.24) is 15.2 Å². The van der Waals surface area contributed by atoms with E-state index >= 15 is 0 Å². The Hall–Kier alpha value is -2.31. The highest BCUT2D eigenvalue weighted by Gasteiger charge is 2.16. The predicted octanol–water partition coefficient (Wildman–Crippen LogP) is 1.42. The third-order valence-corrected chi connectivity index (χ3v) is 2.99. The molecule has 1 heterocycles. The molecule has 0 aliphatic heterocycles. The number of hydrogen-bond acceptors (Lipinski definition) is 4. The number of hydrogen-bond donors (Lipinski definition) is 2. The lowest BCUT2D eigenvalue weighted by Crippen LogP contribution is -2.38. The van der Waals surface area contributed by atoms with Crippen LogP contribution in [0, 0.1) is 0 Å². The Morgan fingerprint density at radius 1 is 1.35 bits per heavy atom. The molecule has 0 bridgehead atoms. The van der Waals surface area contributed by atoms with Crippen LogP contribution in [0.15, 0.2) is 23.1 Å². The molecule has 1 unspecified atom stereocenters. The second-order valence-corrected chi connectivity index (χ2v) is 6.46. The summed E-state index contributed by atoms with van der Waals surface area (Å²) in [6.45, 7) is 7.58. The summed E-state index contributed by atoms with van der Waals surface area (Å²) in [5.41, 5.74) is -0.458. The summed E-state index contributed by atoms with van der Waals surface area (Å²) in [4.78, 5) is 35.0. The van der Waals surface area contributed by atoms with Gasteiger partial charge in [-0.15, -0.1) is 0 Å². The van der Waals surface area contributed by atoms with Crippen LogP contribution in [-0.4, -0.2) is 34.8 Å². The van der Waals surface area contributed by atoms with Crippen molar-refractivity contribution in [1.29, 1.82) is 0 Å². The maximum Gasteiger partial charge on any atom is 0.407 e. The fourth-order valence-corrected chi connectivity index (χ4v) is 1.77. The highest BCUT2D eigenvalue weighted by Crippen LogP contribution is 2.06. The fourth-order valence-electron chi connectivity index (χ4n) is 1.77. The zero-order chi connectivity index (χ0) is 17.6. The number of carbonyl (C=O) groups is 2. The lowest BCUT2D eigenvalue weighted by Gasteiger charge is -2.20. The van der Waals surface area contributed by atoms with Gasteiger partial charge in [-0.25, -0.2) is 4.79 Å². The maximum atomic E-state index is 12.0. The van der Waals surface area contributed by atoms with Crippen LogP contribution in [0.5, 0.6) is 0 Å². The van der Waals surface area contributed by atoms with Gasteiger partial charge < -0.3 is 19.9 Å². The van der Waals surface area contributed by atoms with Crippen LogP contribution in [0.4, 0.5) is 4.79 Å². The number of alkyl carbamates (subject to hydrolysis) is 1. The molecule has 0 aliphatic rings. The van der Waals surface area contributed by atoms with Crippen LogP contribution >= 0.6 is 0 Å². The first-order chi connectivity index (χ1) is 10.6. The molecule has 1 aromatic heterocycles. The third kappa shape index (κ3) is 6.99. The van der Waals surface area contributed by atoms with Gasteiger partial charge in [-0.2, -0.15) is 0 Å². The zero-order valence-electron chi connectivity index (χ0n) is 14.3. The van der Waals surface area contributed by atoms with E-state index in [0.717, 1.165) is 0 Å². The number of carbonyl (C=O) groups excluding carboxylic acids is 2. The second kappa shape index (κ2) is 7.80. The Morgan fingerprint density at radius 3 is 2.57 bits per heavy atom. The van der Waals surface area contributed by atoms with Crippen molar-refractivity contribution in [2.75, 3.05) is 6.54 Å². The Kier molecular flexibility index (Phi) is 6.36. The smallest absolute Gasteiger partial charge is 0.407 e. The van der Waals surface area contributed by atoms with Crippen LogP contribution < -0.4 is 16.2 Å². The number of nitrogens with zero attached hydrogens (tertiary/aromatic N) is 1. The van der Waals surface area contributed by atoms with E-state index in [-0.39, 0.29) is 17.5 Å². The number of aromatic nitrogens is 1. The molecule has 0 spiro atoms. The summed E-state index contributed by atoms with van der Waals surface area (Å²) < 4.78 is 6.51. The standard InChI is InChI=1S/C16H25N3O4/c1-11(6-8-17-15(22)23-16(2,3)4)18-14(21)12-7-9-19(5)13(20)10-12/h7,9-11H,6,8H2,1-5H3,(H,17,22)(H,18,21). The van der Waals surface area contributed by atoms with E-state index < -0.39 is 11.7 Å². The minimum atomic E-state index is -0.538. The highest BCUT2D eigenvalue weighted by atomic mass is 16.6. The topological polar surface area (TPSA) is 89.4 Å². The van der Waals surface area contributed by atoms with E-state index in [0.29, 0.717) is 18.5 Å². The molecule has 7 nitrogen and oxygen atoms in total. The lowest BCUT2D eigenvalue weighted by atomic mass is 10.2. The van der Waals surface area contributed by atoms with Gasteiger partial charge in [0.25, 0.3) is 11.5 Å². The molecular weight excluding hydrogens is 298 g/mol. The van der Waals surface area contributed by atoms with Crippen molar-refractivity contribution in [3.8, 4) is 0 Å². The monoisotopic (exact) mass is 323 g/mol. The van der Waals surface area contributed by atoms with E-state index in [1.54, 1.807) is 40.1 Å². The number of amides is 2. The van der Waals surface area contributed by atoms with Gasteiger partial charge in [0.05, 0.1) is 0 Å². The Morgan fingerprint density at radius 2 is 2.00 bits per heavy atom. The molecule has 2 N–H and O–H groups in total. The Labute approximate surface area is 136 Å². The van der Waals surface area contributed by atoms with E-state index in [1.165, 1.54) is 10.6 Å². The molecule has 0 radical (unpaired) electrons. The van der Waals surface area contributed by atoms with Gasteiger partial charge in [0, 0.05) is 37.5 Å². The van der Waals surface area contributed by atoms with Gasteiger partial charge in [0.15, 0.2) is 0 Å². The number of pyridine rings is 1. The van der Waals surface area contributed by atoms with Crippen LogP contribution in [0.3, 0.4) is 0 Å². The molecule has 2 amide bonds. The van der Waals surface area contributed by atoms with Gasteiger partial charge in [0.2, 0.25) is 0 Å². The average molecular weight is 323 g/mol. The minimum absolute atomic E-state index is 0.151. The van der Waals surface area contributed by atoms with Crippen molar-refractivity contribution >= 4 is 12.0 Å². The Bertz CT molecular complexity index is 616. The number of aryl methyl sites for hydroxylation is 1. The van der Waals surface area contributed by atoms with E-state index in [1.807, 2.05) is 6.92 Å². The normalized spacial score (nSPS) is 12.4. The van der Waals surface area contributed by atoms with Gasteiger partial charge >= 0.3 is 6.09 Å². The second-order valence-electron chi connectivity index (χ2n) is 6.46. The maximum absolute atomic E-state index is 12.0. The van der Waals surface area contributed by atoms with Crippen molar-refractivity contribution in [2.45, 2.75) is 45.8 Å². The molecule has 23 heavy (non-hydrogen) atoms. The predicted molar refractivity (Wildman–Crippen MR) is 87.5 cm³/mol. The van der Waals surface area contributed by atoms with Gasteiger partial charge in [-0.3, -0.25) is 9.59 Å². The molecule has 0 aromatic carbocycles. The zero-order valence-corrected chi connectivity index (χ0v) is 14.3. The van der Waals surface area contributed by atoms with Crippen LogP contribution in [-0.2, 0) is 11.8 Å². The van der Waals surface area contributed by atoms with Crippen molar-refractivity contribution < 1.29 is 14.3 Å². The van der Waals surface area contributed by atoms with Crippen LogP contribution in [0.1, 0.15) is 44.5 Å². The minimum Gasteiger partial charge on any atom is -0.444 e. The largest absolute Gasteiger partial charge is 0.444 e. The summed E-state index contributed by atoms with van der Waals surface area (Å²) in [6.07, 6.45) is 1.62. The summed E-state index contributed by atoms with van der Waals surface area (Å²) >= 11 is 0. The third-order valence-electron chi connectivity index (χ3n) is 2.99. The van der Waals surface area contributed by atoms with E-state index in [2.05, 4.69) is 10.6 Å². The summed E-state index contributed by atoms with van der Waals surface area (Å²) in [5, 5.41) is 5.42. The average Bonchev–Trinajstić information content (AvgIpc) is 2.39. The fraction of sp³-hybridized carbons (Fsp3) is 0.562. The molecule has 1 rings (SSSR count). The molecule has 0 saturated heterocycles. The molecule has 1 atom stereocenters. The molecular formula is C16H25N3O4. The van der Waals surface area contributed by atoms with Crippen LogP contribution in [0.2, 0.25) is 0 Å². The molecule has 0 fully saturated rings. The van der Waals surface area contributed by atoms with Crippen LogP contribution in [0.25, 0.3) is 0 Å². The van der Waals surface area contributed by atoms with Gasteiger partial charge in [-0.1, -0.05) is 0 Å². The highest BCUT2D eigenvalue weighted by molar-refractivity contribution is 5.94. The quantitative estimate of drug-likeness (QED) is 0.857. The summed E-state index contributed by atoms with van der Waals surface area (Å²) in [6, 6.07) is 2.73. The van der Waals surface area contributed by atoms with Gasteiger partial charge in [0.1, 0.15) is 5.60 Å². The molecule has 1 aromatic rings. The van der Waals surface area contributed by atoms with E-state index in [4.69, 9.17) is 4.74 Å². The molecule has 7 heteroatoms. The van der Waals surface area contributed by atoms with Crippen molar-refractivity contribution in [3.63, 3.8) is 0 Å². The van der Waals surface area contributed by atoms with E-state index in [9.17, 15) is 14.4 Å². The number of rotatable bonds is 5. The Balaban J connectivity index is 2.40. The van der Waals surface area contributed by atoms with Gasteiger partial charge in [-0.05, 0) is 40.2 Å². The first-order valence-electron chi connectivity index (χ1n) is 7.53. The summed E-state index contributed by atoms with van der Waals surface area (Å²) in [7, 11) is 1.62.